The predicted molar refractivity (Wildman–Crippen MR) is 104 cm³/mol. The number of nitrogens with zero attached hydrogens (tertiary/aromatic N) is 1. The summed E-state index contributed by atoms with van der Waals surface area (Å²) < 4.78 is 26.0. The van der Waals surface area contributed by atoms with Crippen molar-refractivity contribution in [1.82, 2.24) is 9.88 Å². The smallest absolute Gasteiger partial charge is 0.208 e. The predicted octanol–water partition coefficient (Wildman–Crippen LogP) is 4.03. The molecule has 0 unspecified atom stereocenters. The van der Waals surface area contributed by atoms with Crippen molar-refractivity contribution < 1.29 is 8.42 Å². The van der Waals surface area contributed by atoms with Crippen LogP contribution in [0.1, 0.15) is 24.8 Å². The molecule has 1 N–H and O–H groups in total. The molecule has 5 heteroatoms. The van der Waals surface area contributed by atoms with Crippen LogP contribution in [-0.2, 0) is 16.3 Å². The molecule has 0 amide bonds. The van der Waals surface area contributed by atoms with Crippen molar-refractivity contribution in [3.05, 3.63) is 60.3 Å². The average Bonchev–Trinajstić information content (AvgIpc) is 3.12. The highest BCUT2D eigenvalue weighted by molar-refractivity contribution is 7.91. The van der Waals surface area contributed by atoms with E-state index in [1.54, 1.807) is 30.5 Å². The second-order valence-electron chi connectivity index (χ2n) is 7.00. The lowest BCUT2D eigenvalue weighted by molar-refractivity contribution is 0.231. The van der Waals surface area contributed by atoms with E-state index in [9.17, 15) is 8.42 Å². The van der Waals surface area contributed by atoms with Crippen molar-refractivity contribution in [3.8, 4) is 0 Å². The van der Waals surface area contributed by atoms with Crippen LogP contribution >= 0.6 is 0 Å². The minimum atomic E-state index is -3.52. The molecule has 26 heavy (non-hydrogen) atoms. The zero-order valence-electron chi connectivity index (χ0n) is 14.8. The van der Waals surface area contributed by atoms with Gasteiger partial charge in [0.2, 0.25) is 9.84 Å². The van der Waals surface area contributed by atoms with E-state index in [1.807, 2.05) is 18.2 Å². The minimum Gasteiger partial charge on any atom is -0.360 e. The van der Waals surface area contributed by atoms with Gasteiger partial charge in [0.25, 0.3) is 0 Å². The van der Waals surface area contributed by atoms with E-state index in [2.05, 4.69) is 16.0 Å². The Bertz CT molecular complexity index is 987. The Morgan fingerprint density at radius 2 is 1.73 bits per heavy atom. The van der Waals surface area contributed by atoms with Crippen molar-refractivity contribution in [3.63, 3.8) is 0 Å². The highest BCUT2D eigenvalue weighted by Gasteiger charge is 2.21. The molecule has 0 radical (unpaired) electrons. The first-order chi connectivity index (χ1) is 12.6. The molecule has 1 aliphatic rings. The monoisotopic (exact) mass is 368 g/mol. The number of aromatic amines is 1. The third-order valence-electron chi connectivity index (χ3n) is 5.22. The molecule has 1 aromatic heterocycles. The average molecular weight is 369 g/mol. The summed E-state index contributed by atoms with van der Waals surface area (Å²) in [6.45, 7) is 3.40. The van der Waals surface area contributed by atoms with Crippen LogP contribution in [0.4, 0.5) is 0 Å². The zero-order valence-corrected chi connectivity index (χ0v) is 15.6. The molecule has 0 atom stereocenters. The summed E-state index contributed by atoms with van der Waals surface area (Å²) in [7, 11) is -3.52. The number of nitrogens with one attached hydrogen (secondary N) is 1. The molecule has 2 heterocycles. The number of hydrogen-bond acceptors (Lipinski definition) is 3. The first-order valence-corrected chi connectivity index (χ1v) is 10.8. The summed E-state index contributed by atoms with van der Waals surface area (Å²) in [5.41, 5.74) is 2.05. The number of aromatic nitrogens is 1. The number of rotatable bonds is 5. The Balaban J connectivity index is 1.62. The van der Waals surface area contributed by atoms with Gasteiger partial charge in [-0.1, -0.05) is 30.7 Å². The lowest BCUT2D eigenvalue weighted by atomic mass is 10.1. The summed E-state index contributed by atoms with van der Waals surface area (Å²) in [6.07, 6.45) is 6.48. The molecule has 1 fully saturated rings. The Morgan fingerprint density at radius 3 is 2.50 bits per heavy atom. The van der Waals surface area contributed by atoms with E-state index < -0.39 is 9.84 Å². The van der Waals surface area contributed by atoms with Crippen LogP contribution in [0.3, 0.4) is 0 Å². The van der Waals surface area contributed by atoms with Gasteiger partial charge in [-0.3, -0.25) is 0 Å². The topological polar surface area (TPSA) is 53.2 Å². The standard InChI is InChI=1S/C21H24N2O2S/c24-26(25,18-7-3-1-4-8-18)21-16-22-20-10-9-17(15-19(20)21)11-14-23-12-5-2-6-13-23/h1,3-4,7-10,15-16,22H,2,5-6,11-14H2. The maximum atomic E-state index is 13.0. The third kappa shape index (κ3) is 3.41. The largest absolute Gasteiger partial charge is 0.360 e. The molecule has 1 saturated heterocycles. The van der Waals surface area contributed by atoms with Crippen LogP contribution in [0.15, 0.2) is 64.5 Å². The van der Waals surface area contributed by atoms with Gasteiger partial charge in [0, 0.05) is 23.6 Å². The molecule has 4 rings (SSSR count). The van der Waals surface area contributed by atoms with Gasteiger partial charge >= 0.3 is 0 Å². The molecule has 1 aliphatic heterocycles. The van der Waals surface area contributed by atoms with Gasteiger partial charge in [-0.15, -0.1) is 0 Å². The van der Waals surface area contributed by atoms with Gasteiger partial charge in [-0.25, -0.2) is 8.42 Å². The molecule has 3 aromatic rings. The molecule has 2 aromatic carbocycles. The Morgan fingerprint density at radius 1 is 0.962 bits per heavy atom. The number of fused-ring (bicyclic) bond motifs is 1. The Kier molecular flexibility index (Phi) is 4.83. The summed E-state index contributed by atoms with van der Waals surface area (Å²) in [6, 6.07) is 14.8. The van der Waals surface area contributed by atoms with Crippen molar-refractivity contribution in [1.29, 1.82) is 0 Å². The first kappa shape index (κ1) is 17.3. The van der Waals surface area contributed by atoms with Crippen molar-refractivity contribution in [2.24, 2.45) is 0 Å². The molecule has 0 saturated carbocycles. The zero-order chi connectivity index (χ0) is 18.0. The molecule has 136 valence electrons. The van der Waals surface area contributed by atoms with E-state index in [0.717, 1.165) is 23.9 Å². The third-order valence-corrected chi connectivity index (χ3v) is 7.03. The summed E-state index contributed by atoms with van der Waals surface area (Å²) in [5, 5.41) is 0.782. The lowest BCUT2D eigenvalue weighted by Crippen LogP contribution is -2.31. The highest BCUT2D eigenvalue weighted by atomic mass is 32.2. The number of hydrogen-bond donors (Lipinski definition) is 1. The van der Waals surface area contributed by atoms with E-state index >= 15 is 0 Å². The first-order valence-electron chi connectivity index (χ1n) is 9.27. The van der Waals surface area contributed by atoms with Crippen LogP contribution in [0.25, 0.3) is 10.9 Å². The Labute approximate surface area is 154 Å². The van der Waals surface area contributed by atoms with Crippen LogP contribution in [-0.4, -0.2) is 37.9 Å². The normalized spacial score (nSPS) is 16.2. The second kappa shape index (κ2) is 7.25. The minimum absolute atomic E-state index is 0.333. The number of sulfone groups is 1. The quantitative estimate of drug-likeness (QED) is 0.740. The van der Waals surface area contributed by atoms with Gasteiger partial charge in [0.1, 0.15) is 0 Å². The fourth-order valence-corrected chi connectivity index (χ4v) is 5.16. The number of likely N-dealkylation sites (tertiary alicyclic amines) is 1. The van der Waals surface area contributed by atoms with Crippen molar-refractivity contribution in [2.45, 2.75) is 35.5 Å². The second-order valence-corrected chi connectivity index (χ2v) is 8.92. The van der Waals surface area contributed by atoms with Crippen LogP contribution in [0.5, 0.6) is 0 Å². The lowest BCUT2D eigenvalue weighted by Gasteiger charge is -2.26. The van der Waals surface area contributed by atoms with Crippen molar-refractivity contribution in [2.75, 3.05) is 19.6 Å². The molecular weight excluding hydrogens is 344 g/mol. The molecular formula is C21H24N2O2S. The van der Waals surface area contributed by atoms with E-state index in [-0.39, 0.29) is 0 Å². The fraction of sp³-hybridized carbons (Fsp3) is 0.333. The maximum Gasteiger partial charge on any atom is 0.208 e. The van der Waals surface area contributed by atoms with Gasteiger partial charge in [-0.2, -0.15) is 0 Å². The summed E-state index contributed by atoms with van der Waals surface area (Å²) >= 11 is 0. The van der Waals surface area contributed by atoms with Gasteiger partial charge in [0.15, 0.2) is 0 Å². The number of H-pyrrole nitrogens is 1. The molecule has 0 bridgehead atoms. The number of piperidine rings is 1. The van der Waals surface area contributed by atoms with E-state index in [4.69, 9.17) is 0 Å². The van der Waals surface area contributed by atoms with Crippen LogP contribution < -0.4 is 0 Å². The van der Waals surface area contributed by atoms with Crippen LogP contribution in [0.2, 0.25) is 0 Å². The molecule has 0 spiro atoms. The molecule has 0 aliphatic carbocycles. The SMILES string of the molecule is O=S(=O)(c1ccccc1)c1c[nH]c2ccc(CCN3CCCCC3)cc12. The van der Waals surface area contributed by atoms with Gasteiger partial charge in [-0.05, 0) is 62.2 Å². The number of benzene rings is 2. The summed E-state index contributed by atoms with van der Waals surface area (Å²) in [5.74, 6) is 0. The highest BCUT2D eigenvalue weighted by Crippen LogP contribution is 2.29. The van der Waals surface area contributed by atoms with Crippen LogP contribution in [0, 0.1) is 0 Å². The van der Waals surface area contributed by atoms with E-state index in [1.165, 1.54) is 37.9 Å². The van der Waals surface area contributed by atoms with E-state index in [0.29, 0.717) is 9.79 Å². The van der Waals surface area contributed by atoms with Crippen molar-refractivity contribution >= 4 is 20.7 Å². The maximum absolute atomic E-state index is 13.0. The Hall–Kier alpha value is -2.11. The fourth-order valence-electron chi connectivity index (χ4n) is 3.72. The van der Waals surface area contributed by atoms with Gasteiger partial charge < -0.3 is 9.88 Å². The summed E-state index contributed by atoms with van der Waals surface area (Å²) in [4.78, 5) is 6.31. The molecule has 4 nitrogen and oxygen atoms in total. The van der Waals surface area contributed by atoms with Gasteiger partial charge in [0.05, 0.1) is 9.79 Å².